The SMILES string of the molecule is COc1c(C)cc2c(c1O)[C@@H]1C3[C@@H]4SC[C@]5(N[C@@H](CO)Cc6c5[nH]c5ccccc65)C(=O)OC[C@@H](c5c6c(c(C)c(OC(C)=O)c54)OCO6)N3[C@@]3(O)CN1C2(C)C3. The maximum absolute atomic E-state index is 15.0. The molecule has 4 aromatic rings. The third-order valence-electron chi connectivity index (χ3n) is 13.9. The summed E-state index contributed by atoms with van der Waals surface area (Å²) in [5, 5.41) is 39.9. The lowest BCUT2D eigenvalue weighted by atomic mass is 9.75. The number of nitrogens with one attached hydrogen (secondary N) is 2. The summed E-state index contributed by atoms with van der Waals surface area (Å²) >= 11 is 1.49. The zero-order valence-electron chi connectivity index (χ0n) is 32.2. The standard InChI is InChI=1S/C42H44N4O10S/c1-18-10-24-27(32(49)33(18)52-5)30-31-37-29-28(36-35(54-17-55-36)19(2)34(29)56-20(3)48)26(46(31)41(51)14-40(24,4)45(30)15-41)13-53-39(50)42(16-57-37)38-23(11-21(12-47)44-42)22-8-6-7-9-25(22)43-38/h6-10,21,26,30-31,37,43-44,47,49,51H,11-17H2,1-5H3/t21-,26+,30-,31?,37-,40?,41+,42-/m1/s1. The number of carbonyl (C=O) groups is 2. The molecule has 3 saturated heterocycles. The van der Waals surface area contributed by atoms with Crippen molar-refractivity contribution < 1.29 is 48.6 Å². The van der Waals surface area contributed by atoms with E-state index >= 15 is 4.79 Å². The molecule has 1 spiro atoms. The van der Waals surface area contributed by atoms with Gasteiger partial charge >= 0.3 is 11.9 Å². The number of aromatic nitrogens is 1. The molecule has 3 aromatic carbocycles. The van der Waals surface area contributed by atoms with Gasteiger partial charge in [0.1, 0.15) is 18.1 Å². The van der Waals surface area contributed by atoms with Gasteiger partial charge in [-0.2, -0.15) is 0 Å². The molecule has 8 atom stereocenters. The molecule has 8 aliphatic heterocycles. The van der Waals surface area contributed by atoms with Gasteiger partial charge in [0, 0.05) is 76.4 Å². The number of phenolic OH excluding ortho intramolecular Hbond substituents is 1. The van der Waals surface area contributed by atoms with Crippen molar-refractivity contribution in [1.29, 1.82) is 0 Å². The van der Waals surface area contributed by atoms with E-state index in [0.29, 0.717) is 58.2 Å². The molecule has 57 heavy (non-hydrogen) atoms. The Labute approximate surface area is 332 Å². The Morgan fingerprint density at radius 1 is 1.11 bits per heavy atom. The fourth-order valence-electron chi connectivity index (χ4n) is 11.8. The molecule has 14 nitrogen and oxygen atoms in total. The van der Waals surface area contributed by atoms with Gasteiger partial charge in [0.2, 0.25) is 6.79 Å². The van der Waals surface area contributed by atoms with E-state index in [9.17, 15) is 20.1 Å². The number of aryl methyl sites for hydroxylation is 1. The number of hydrogen-bond donors (Lipinski definition) is 5. The first-order chi connectivity index (χ1) is 27.3. The largest absolute Gasteiger partial charge is 0.504 e. The minimum absolute atomic E-state index is 0.0578. The minimum Gasteiger partial charge on any atom is -0.504 e. The Hall–Kier alpha value is -4.51. The number of esters is 2. The molecule has 0 saturated carbocycles. The molecular formula is C42H44N4O10S. The van der Waals surface area contributed by atoms with Crippen LogP contribution in [0.4, 0.5) is 0 Å². The number of aromatic hydroxyl groups is 1. The first kappa shape index (κ1) is 35.6. The zero-order chi connectivity index (χ0) is 39.5. The van der Waals surface area contributed by atoms with Crippen molar-refractivity contribution in [3.63, 3.8) is 0 Å². The number of ether oxygens (including phenoxy) is 5. The number of H-pyrrole nitrogens is 1. The van der Waals surface area contributed by atoms with Crippen LogP contribution in [-0.4, -0.2) is 99.3 Å². The first-order valence-electron chi connectivity index (χ1n) is 19.5. The van der Waals surface area contributed by atoms with Gasteiger partial charge in [0.25, 0.3) is 0 Å². The van der Waals surface area contributed by atoms with Gasteiger partial charge in [0.05, 0.1) is 36.7 Å². The van der Waals surface area contributed by atoms with Gasteiger partial charge in [0.15, 0.2) is 28.5 Å². The van der Waals surface area contributed by atoms with Crippen LogP contribution in [0.2, 0.25) is 0 Å². The summed E-state index contributed by atoms with van der Waals surface area (Å²) in [7, 11) is 1.55. The first-order valence-corrected chi connectivity index (χ1v) is 20.5. The molecule has 15 heteroatoms. The number of aromatic amines is 1. The number of aliphatic hydroxyl groups is 2. The second-order valence-electron chi connectivity index (χ2n) is 16.9. The number of piperazine rings is 1. The van der Waals surface area contributed by atoms with Gasteiger partial charge < -0.3 is 44.0 Å². The maximum Gasteiger partial charge on any atom is 0.333 e. The van der Waals surface area contributed by atoms with Gasteiger partial charge in [-0.15, -0.1) is 11.8 Å². The van der Waals surface area contributed by atoms with Crippen molar-refractivity contribution in [1.82, 2.24) is 20.1 Å². The topological polar surface area (TPSA) is 175 Å². The van der Waals surface area contributed by atoms with E-state index in [-0.39, 0.29) is 38.1 Å². The highest BCUT2D eigenvalue weighted by Gasteiger charge is 2.72. The summed E-state index contributed by atoms with van der Waals surface area (Å²) in [6.45, 7) is 7.05. The van der Waals surface area contributed by atoms with E-state index in [1.807, 2.05) is 38.1 Å². The molecule has 298 valence electrons. The second-order valence-corrected chi connectivity index (χ2v) is 18.0. The average Bonchev–Trinajstić information content (AvgIpc) is 3.93. The number of nitrogens with zero attached hydrogens (tertiary/aromatic N) is 2. The highest BCUT2D eigenvalue weighted by atomic mass is 32.2. The Balaban J connectivity index is 1.19. The van der Waals surface area contributed by atoms with Crippen LogP contribution >= 0.6 is 11.8 Å². The smallest absolute Gasteiger partial charge is 0.333 e. The average molecular weight is 797 g/mol. The van der Waals surface area contributed by atoms with E-state index in [0.717, 1.165) is 33.2 Å². The summed E-state index contributed by atoms with van der Waals surface area (Å²) < 4.78 is 30.8. The molecule has 4 bridgehead atoms. The molecule has 0 aliphatic carbocycles. The molecule has 8 aliphatic rings. The fourth-order valence-corrected chi connectivity index (χ4v) is 13.5. The lowest BCUT2D eigenvalue weighted by molar-refractivity contribution is -0.196. The molecular weight excluding hydrogens is 753 g/mol. The highest BCUT2D eigenvalue weighted by molar-refractivity contribution is 7.99. The van der Waals surface area contributed by atoms with Crippen LogP contribution in [0.1, 0.15) is 82.2 Å². The molecule has 2 unspecified atom stereocenters. The molecule has 3 fully saturated rings. The van der Waals surface area contributed by atoms with Crippen LogP contribution in [-0.2, 0) is 31.8 Å². The predicted molar refractivity (Wildman–Crippen MR) is 207 cm³/mol. The van der Waals surface area contributed by atoms with Crippen molar-refractivity contribution in [3.8, 4) is 28.7 Å². The number of benzene rings is 3. The molecule has 5 N–H and O–H groups in total. The fraction of sp³-hybridized carbons (Fsp3) is 0.476. The monoisotopic (exact) mass is 796 g/mol. The van der Waals surface area contributed by atoms with E-state index in [2.05, 4.69) is 33.1 Å². The summed E-state index contributed by atoms with van der Waals surface area (Å²) in [6.07, 6.45) is 0.812. The third kappa shape index (κ3) is 4.39. The quantitative estimate of drug-likeness (QED) is 0.149. The second kappa shape index (κ2) is 11.8. The number of para-hydroxylation sites is 1. The Bertz CT molecular complexity index is 2470. The molecule has 0 amide bonds. The van der Waals surface area contributed by atoms with Crippen LogP contribution in [0.25, 0.3) is 10.9 Å². The molecule has 9 heterocycles. The summed E-state index contributed by atoms with van der Waals surface area (Å²) in [5.41, 5.74) is 3.39. The molecule has 1 aromatic heterocycles. The lowest BCUT2D eigenvalue weighted by Crippen LogP contribution is -2.67. The summed E-state index contributed by atoms with van der Waals surface area (Å²) in [4.78, 5) is 36.0. The number of thioether (sulfide) groups is 1. The van der Waals surface area contributed by atoms with E-state index in [4.69, 9.17) is 23.7 Å². The Morgan fingerprint density at radius 3 is 2.67 bits per heavy atom. The van der Waals surface area contributed by atoms with Gasteiger partial charge in [-0.25, -0.2) is 4.79 Å². The van der Waals surface area contributed by atoms with Crippen LogP contribution in [0.3, 0.4) is 0 Å². The van der Waals surface area contributed by atoms with Crippen molar-refractivity contribution in [2.45, 2.75) is 86.8 Å². The maximum atomic E-state index is 15.0. The number of hydrogen-bond acceptors (Lipinski definition) is 14. The lowest BCUT2D eigenvalue weighted by Gasteiger charge is -2.59. The van der Waals surface area contributed by atoms with Crippen LogP contribution in [0.15, 0.2) is 30.3 Å². The minimum atomic E-state index is -1.42. The Morgan fingerprint density at radius 2 is 1.89 bits per heavy atom. The van der Waals surface area contributed by atoms with Crippen LogP contribution in [0.5, 0.6) is 28.7 Å². The van der Waals surface area contributed by atoms with Crippen molar-refractivity contribution in [3.05, 3.63) is 75.0 Å². The third-order valence-corrected chi connectivity index (χ3v) is 15.3. The van der Waals surface area contributed by atoms with Gasteiger partial charge in [-0.3, -0.25) is 19.9 Å². The summed E-state index contributed by atoms with van der Waals surface area (Å²) in [6, 6.07) is 7.71. The van der Waals surface area contributed by atoms with Gasteiger partial charge in [-0.1, -0.05) is 18.2 Å². The van der Waals surface area contributed by atoms with Gasteiger partial charge in [-0.05, 0) is 56.0 Å². The molecule has 12 rings (SSSR count). The van der Waals surface area contributed by atoms with E-state index in [1.54, 1.807) is 7.11 Å². The van der Waals surface area contributed by atoms with Crippen molar-refractivity contribution in [2.75, 3.05) is 39.4 Å². The molecule has 0 radical (unpaired) electrons. The number of phenols is 1. The number of methoxy groups -OCH3 is 1. The highest BCUT2D eigenvalue weighted by Crippen LogP contribution is 2.71. The predicted octanol–water partition coefficient (Wildman–Crippen LogP) is 3.99. The number of carbonyl (C=O) groups excluding carboxylic acids is 2. The van der Waals surface area contributed by atoms with Crippen LogP contribution in [0, 0.1) is 13.8 Å². The van der Waals surface area contributed by atoms with E-state index < -0.39 is 58.2 Å². The van der Waals surface area contributed by atoms with Crippen molar-refractivity contribution >= 4 is 34.6 Å². The number of rotatable bonds is 3. The van der Waals surface area contributed by atoms with E-state index in [1.165, 1.54) is 18.7 Å². The number of aliphatic hydroxyl groups excluding tert-OH is 1. The zero-order valence-corrected chi connectivity index (χ0v) is 33.0. The Kier molecular flexibility index (Phi) is 7.37. The van der Waals surface area contributed by atoms with Crippen LogP contribution < -0.4 is 24.3 Å². The summed E-state index contributed by atoms with van der Waals surface area (Å²) in [5.74, 6) is 0.805. The number of fused-ring (bicyclic) bond motifs is 11. The van der Waals surface area contributed by atoms with Crippen molar-refractivity contribution in [2.24, 2.45) is 0 Å². The normalized spacial score (nSPS) is 33.2.